The standard InChI is InChI=1S/C33H35N5O3/c1-22-11-17-25(18-12-22)38-30(39)20-19-27(31(38)26-8-5-6-9-28(26)41-2)33(40)34-24-15-13-23(14-16-24)32-36-35-29-10-4-3-7-21-37(29)32/h5-6,8-9,11-18,27,31H,3-4,7,10,19-21H2,1-2H3,(H,34,40). The maximum atomic E-state index is 13.9. The third-order valence-electron chi connectivity index (χ3n) is 8.22. The average molecular weight is 550 g/mol. The van der Waals surface area contributed by atoms with Gasteiger partial charge in [-0.05, 0) is 68.7 Å². The first-order valence-corrected chi connectivity index (χ1v) is 14.4. The summed E-state index contributed by atoms with van der Waals surface area (Å²) in [6.45, 7) is 2.94. The van der Waals surface area contributed by atoms with Gasteiger partial charge in [0.25, 0.3) is 0 Å². The van der Waals surface area contributed by atoms with E-state index in [1.54, 1.807) is 12.0 Å². The van der Waals surface area contributed by atoms with Crippen molar-refractivity contribution in [1.82, 2.24) is 14.8 Å². The predicted molar refractivity (Wildman–Crippen MR) is 159 cm³/mol. The lowest BCUT2D eigenvalue weighted by molar-refractivity contribution is -0.125. The molecule has 0 radical (unpaired) electrons. The topological polar surface area (TPSA) is 89.3 Å². The number of aryl methyl sites for hydroxylation is 2. The summed E-state index contributed by atoms with van der Waals surface area (Å²) in [5.41, 5.74) is 4.36. The number of piperidine rings is 1. The molecule has 2 atom stereocenters. The Morgan fingerprint density at radius 3 is 2.49 bits per heavy atom. The Morgan fingerprint density at radius 1 is 0.927 bits per heavy atom. The van der Waals surface area contributed by atoms with Gasteiger partial charge in [-0.2, -0.15) is 0 Å². The minimum atomic E-state index is -0.513. The number of hydrogen-bond acceptors (Lipinski definition) is 5. The van der Waals surface area contributed by atoms with Crippen LogP contribution in [0.15, 0.2) is 72.8 Å². The van der Waals surface area contributed by atoms with Crippen LogP contribution in [-0.2, 0) is 22.6 Å². The highest BCUT2D eigenvalue weighted by molar-refractivity contribution is 6.00. The summed E-state index contributed by atoms with van der Waals surface area (Å²) >= 11 is 0. The predicted octanol–water partition coefficient (Wildman–Crippen LogP) is 6.11. The molecular formula is C33H35N5O3. The lowest BCUT2D eigenvalue weighted by atomic mass is 9.82. The Morgan fingerprint density at radius 2 is 1.71 bits per heavy atom. The molecule has 2 amide bonds. The summed E-state index contributed by atoms with van der Waals surface area (Å²) in [6, 6.07) is 22.8. The first-order valence-electron chi connectivity index (χ1n) is 14.4. The van der Waals surface area contributed by atoms with Crippen molar-refractivity contribution in [1.29, 1.82) is 0 Å². The quantitative estimate of drug-likeness (QED) is 0.313. The van der Waals surface area contributed by atoms with Crippen molar-refractivity contribution in [2.24, 2.45) is 5.92 Å². The van der Waals surface area contributed by atoms with Crippen molar-refractivity contribution in [3.05, 3.63) is 89.7 Å². The van der Waals surface area contributed by atoms with Crippen LogP contribution >= 0.6 is 0 Å². The van der Waals surface area contributed by atoms with Crippen LogP contribution in [-0.4, -0.2) is 33.7 Å². The van der Waals surface area contributed by atoms with Gasteiger partial charge in [0.1, 0.15) is 11.6 Å². The van der Waals surface area contributed by atoms with Crippen molar-refractivity contribution in [3.63, 3.8) is 0 Å². The number of carbonyl (C=O) groups is 2. The zero-order chi connectivity index (χ0) is 28.3. The van der Waals surface area contributed by atoms with E-state index in [2.05, 4.69) is 20.1 Å². The normalized spacial score (nSPS) is 18.9. The minimum Gasteiger partial charge on any atom is -0.496 e. The van der Waals surface area contributed by atoms with Gasteiger partial charge in [0.15, 0.2) is 5.82 Å². The zero-order valence-electron chi connectivity index (χ0n) is 23.5. The monoisotopic (exact) mass is 549 g/mol. The first-order chi connectivity index (χ1) is 20.0. The number of anilines is 2. The molecule has 41 heavy (non-hydrogen) atoms. The van der Waals surface area contributed by atoms with Crippen LogP contribution in [0.5, 0.6) is 5.75 Å². The van der Waals surface area contributed by atoms with Crippen molar-refractivity contribution >= 4 is 23.2 Å². The molecule has 0 bridgehead atoms. The molecule has 0 saturated carbocycles. The summed E-state index contributed by atoms with van der Waals surface area (Å²) < 4.78 is 7.92. The number of ether oxygens (including phenoxy) is 1. The number of rotatable bonds is 6. The fourth-order valence-corrected chi connectivity index (χ4v) is 6.08. The van der Waals surface area contributed by atoms with Crippen LogP contribution in [0.4, 0.5) is 11.4 Å². The maximum absolute atomic E-state index is 13.9. The van der Waals surface area contributed by atoms with Gasteiger partial charge in [-0.15, -0.1) is 10.2 Å². The third kappa shape index (κ3) is 5.34. The van der Waals surface area contributed by atoms with E-state index in [1.165, 1.54) is 6.42 Å². The molecule has 4 aromatic rings. The van der Waals surface area contributed by atoms with Crippen molar-refractivity contribution in [2.45, 2.75) is 58.0 Å². The van der Waals surface area contributed by atoms with E-state index in [4.69, 9.17) is 4.74 Å². The molecule has 1 fully saturated rings. The van der Waals surface area contributed by atoms with Crippen molar-refractivity contribution in [2.75, 3.05) is 17.3 Å². The van der Waals surface area contributed by atoms with Gasteiger partial charge >= 0.3 is 0 Å². The average Bonchev–Trinajstić information content (AvgIpc) is 3.25. The molecule has 2 aliphatic heterocycles. The molecule has 8 nitrogen and oxygen atoms in total. The molecule has 1 aromatic heterocycles. The molecule has 2 aliphatic rings. The van der Waals surface area contributed by atoms with Gasteiger partial charge in [-0.1, -0.05) is 42.3 Å². The summed E-state index contributed by atoms with van der Waals surface area (Å²) in [4.78, 5) is 29.1. The van der Waals surface area contributed by atoms with E-state index in [1.807, 2.05) is 79.7 Å². The molecule has 8 heteroatoms. The Kier molecular flexibility index (Phi) is 7.55. The molecule has 2 unspecified atom stereocenters. The second-order valence-corrected chi connectivity index (χ2v) is 10.9. The minimum absolute atomic E-state index is 0.00870. The fourth-order valence-electron chi connectivity index (χ4n) is 6.08. The molecule has 0 aliphatic carbocycles. The number of carbonyl (C=O) groups excluding carboxylic acids is 2. The molecule has 210 valence electrons. The van der Waals surface area contributed by atoms with Crippen LogP contribution in [0.25, 0.3) is 11.4 Å². The number of nitrogens with zero attached hydrogens (tertiary/aromatic N) is 4. The number of nitrogens with one attached hydrogen (secondary N) is 1. The molecule has 3 aromatic carbocycles. The first kappa shape index (κ1) is 26.7. The van der Waals surface area contributed by atoms with E-state index in [0.717, 1.165) is 59.8 Å². The van der Waals surface area contributed by atoms with E-state index < -0.39 is 12.0 Å². The van der Waals surface area contributed by atoms with Gasteiger partial charge < -0.3 is 19.5 Å². The zero-order valence-corrected chi connectivity index (χ0v) is 23.5. The van der Waals surface area contributed by atoms with Crippen LogP contribution < -0.4 is 15.0 Å². The highest BCUT2D eigenvalue weighted by Gasteiger charge is 2.42. The molecule has 3 heterocycles. The SMILES string of the molecule is COc1ccccc1C1C(C(=O)Nc2ccc(-c3nnc4n3CCCCC4)cc2)CCC(=O)N1c1ccc(C)cc1. The number of amides is 2. The van der Waals surface area contributed by atoms with Gasteiger partial charge in [-0.25, -0.2) is 0 Å². The summed E-state index contributed by atoms with van der Waals surface area (Å²) in [7, 11) is 1.62. The Hall–Kier alpha value is -4.46. The second-order valence-electron chi connectivity index (χ2n) is 10.9. The summed E-state index contributed by atoms with van der Waals surface area (Å²) in [5, 5.41) is 12.0. The molecular weight excluding hydrogens is 514 g/mol. The fraction of sp³-hybridized carbons (Fsp3) is 0.333. The number of para-hydroxylation sites is 1. The number of benzene rings is 3. The summed E-state index contributed by atoms with van der Waals surface area (Å²) in [6.07, 6.45) is 5.17. The van der Waals surface area contributed by atoms with Crippen LogP contribution in [0.3, 0.4) is 0 Å². The van der Waals surface area contributed by atoms with Crippen molar-refractivity contribution in [3.8, 4) is 17.1 Å². The number of hydrogen-bond donors (Lipinski definition) is 1. The highest BCUT2D eigenvalue weighted by Crippen LogP contribution is 2.43. The molecule has 0 spiro atoms. The Labute approximate surface area is 240 Å². The van der Waals surface area contributed by atoms with Gasteiger partial charge in [0.05, 0.1) is 19.1 Å². The highest BCUT2D eigenvalue weighted by atomic mass is 16.5. The van der Waals surface area contributed by atoms with Gasteiger partial charge in [-0.3, -0.25) is 9.59 Å². The second kappa shape index (κ2) is 11.6. The van der Waals surface area contributed by atoms with Crippen LogP contribution in [0.2, 0.25) is 0 Å². The number of fused-ring (bicyclic) bond motifs is 1. The maximum Gasteiger partial charge on any atom is 0.229 e. The van der Waals surface area contributed by atoms with E-state index >= 15 is 0 Å². The molecule has 6 rings (SSSR count). The van der Waals surface area contributed by atoms with Crippen LogP contribution in [0.1, 0.15) is 55.1 Å². The Balaban J connectivity index is 1.29. The third-order valence-corrected chi connectivity index (χ3v) is 8.22. The van der Waals surface area contributed by atoms with E-state index in [-0.39, 0.29) is 18.2 Å². The number of aromatic nitrogens is 3. The van der Waals surface area contributed by atoms with Gasteiger partial charge in [0.2, 0.25) is 11.8 Å². The largest absolute Gasteiger partial charge is 0.496 e. The summed E-state index contributed by atoms with van der Waals surface area (Å²) in [5.74, 6) is 1.95. The smallest absolute Gasteiger partial charge is 0.229 e. The van der Waals surface area contributed by atoms with Gasteiger partial charge in [0, 0.05) is 41.9 Å². The van der Waals surface area contributed by atoms with Crippen LogP contribution in [0, 0.1) is 12.8 Å². The van der Waals surface area contributed by atoms with E-state index in [9.17, 15) is 9.59 Å². The lowest BCUT2D eigenvalue weighted by Crippen LogP contribution is -2.47. The van der Waals surface area contributed by atoms with E-state index in [0.29, 0.717) is 17.9 Å². The van der Waals surface area contributed by atoms with Crippen molar-refractivity contribution < 1.29 is 14.3 Å². The Bertz CT molecular complexity index is 1540. The number of methoxy groups -OCH3 is 1. The lowest BCUT2D eigenvalue weighted by Gasteiger charge is -2.41. The molecule has 1 saturated heterocycles. The molecule has 1 N–H and O–H groups in total.